The van der Waals surface area contributed by atoms with Crippen molar-refractivity contribution in [2.24, 2.45) is 0 Å². The van der Waals surface area contributed by atoms with Gasteiger partial charge < -0.3 is 24.5 Å². The Morgan fingerprint density at radius 3 is 2.46 bits per heavy atom. The highest BCUT2D eigenvalue weighted by molar-refractivity contribution is 5.96. The Morgan fingerprint density at radius 2 is 1.79 bits per heavy atom. The smallest absolute Gasteiger partial charge is 0.224 e. The van der Waals surface area contributed by atoms with Gasteiger partial charge in [0, 0.05) is 24.2 Å². The second-order valence-electron chi connectivity index (χ2n) is 6.50. The molecule has 3 rings (SSSR count). The van der Waals surface area contributed by atoms with E-state index in [1.54, 1.807) is 21.3 Å². The lowest BCUT2D eigenvalue weighted by Gasteiger charge is -2.14. The summed E-state index contributed by atoms with van der Waals surface area (Å²) in [5.74, 6) is 1.63. The summed E-state index contributed by atoms with van der Waals surface area (Å²) >= 11 is 0. The standard InChI is InChI=1S/C22H26N2O4/c1-26-18-13-17-20(22(28-3)21(18)27-2)16(14-24-17)12-19(25)23-11-7-10-15-8-5-4-6-9-15/h4-6,8-9,13-14,24H,7,10-12H2,1-3H3,(H,23,25). The Balaban J connectivity index is 1.67. The van der Waals surface area contributed by atoms with Gasteiger partial charge in [0.25, 0.3) is 0 Å². The second-order valence-corrected chi connectivity index (χ2v) is 6.50. The molecule has 0 saturated heterocycles. The number of nitrogens with one attached hydrogen (secondary N) is 2. The largest absolute Gasteiger partial charge is 0.493 e. The Kier molecular flexibility index (Phi) is 6.42. The van der Waals surface area contributed by atoms with Crippen LogP contribution in [-0.4, -0.2) is 38.8 Å². The van der Waals surface area contributed by atoms with E-state index in [1.807, 2.05) is 30.5 Å². The summed E-state index contributed by atoms with van der Waals surface area (Å²) in [7, 11) is 4.73. The number of H-pyrrole nitrogens is 1. The number of aryl methyl sites for hydroxylation is 1. The molecule has 0 aliphatic rings. The van der Waals surface area contributed by atoms with E-state index >= 15 is 0 Å². The Bertz CT molecular complexity index is 935. The minimum Gasteiger partial charge on any atom is -0.493 e. The summed E-state index contributed by atoms with van der Waals surface area (Å²) in [6.45, 7) is 0.643. The van der Waals surface area contributed by atoms with Crippen molar-refractivity contribution in [2.45, 2.75) is 19.3 Å². The molecule has 1 heterocycles. The number of fused-ring (bicyclic) bond motifs is 1. The van der Waals surface area contributed by atoms with Crippen molar-refractivity contribution in [1.82, 2.24) is 10.3 Å². The molecule has 6 nitrogen and oxygen atoms in total. The minimum atomic E-state index is -0.0224. The van der Waals surface area contributed by atoms with Crippen molar-refractivity contribution in [2.75, 3.05) is 27.9 Å². The molecule has 0 bridgehead atoms. The molecule has 0 atom stereocenters. The maximum atomic E-state index is 12.4. The zero-order valence-electron chi connectivity index (χ0n) is 16.5. The van der Waals surface area contributed by atoms with Gasteiger partial charge in [-0.2, -0.15) is 0 Å². The molecular formula is C22H26N2O4. The van der Waals surface area contributed by atoms with Gasteiger partial charge in [-0.05, 0) is 24.0 Å². The summed E-state index contributed by atoms with van der Waals surface area (Å²) < 4.78 is 16.4. The third-order valence-electron chi connectivity index (χ3n) is 4.71. The van der Waals surface area contributed by atoms with Gasteiger partial charge in [-0.1, -0.05) is 30.3 Å². The molecule has 2 N–H and O–H groups in total. The Labute approximate surface area is 164 Å². The molecule has 0 saturated carbocycles. The molecule has 2 aromatic carbocycles. The van der Waals surface area contributed by atoms with Gasteiger partial charge in [0.1, 0.15) is 0 Å². The number of aromatic amines is 1. The molecule has 148 valence electrons. The normalized spacial score (nSPS) is 10.7. The lowest BCUT2D eigenvalue weighted by atomic mass is 10.1. The molecule has 0 fully saturated rings. The number of ether oxygens (including phenoxy) is 3. The summed E-state index contributed by atoms with van der Waals surface area (Å²) in [6.07, 6.45) is 3.93. The van der Waals surface area contributed by atoms with Crippen molar-refractivity contribution in [3.05, 3.63) is 53.7 Å². The molecule has 3 aromatic rings. The first-order valence-corrected chi connectivity index (χ1v) is 9.27. The fourth-order valence-corrected chi connectivity index (χ4v) is 3.37. The lowest BCUT2D eigenvalue weighted by molar-refractivity contribution is -0.120. The molecular weight excluding hydrogens is 356 g/mol. The van der Waals surface area contributed by atoms with Crippen LogP contribution in [0.3, 0.4) is 0 Å². The van der Waals surface area contributed by atoms with Crippen LogP contribution >= 0.6 is 0 Å². The van der Waals surface area contributed by atoms with Crippen LogP contribution in [0.2, 0.25) is 0 Å². The maximum absolute atomic E-state index is 12.4. The average molecular weight is 382 g/mol. The van der Waals surface area contributed by atoms with E-state index in [0.717, 1.165) is 29.3 Å². The van der Waals surface area contributed by atoms with Crippen molar-refractivity contribution in [3.8, 4) is 17.2 Å². The van der Waals surface area contributed by atoms with Crippen LogP contribution in [0.4, 0.5) is 0 Å². The molecule has 1 aromatic heterocycles. The summed E-state index contributed by atoms with van der Waals surface area (Å²) in [4.78, 5) is 15.6. The van der Waals surface area contributed by atoms with Gasteiger partial charge in [0.15, 0.2) is 11.5 Å². The average Bonchev–Trinajstić information content (AvgIpc) is 3.12. The van der Waals surface area contributed by atoms with Gasteiger partial charge in [-0.3, -0.25) is 4.79 Å². The first-order valence-electron chi connectivity index (χ1n) is 9.27. The van der Waals surface area contributed by atoms with E-state index in [1.165, 1.54) is 5.56 Å². The number of methoxy groups -OCH3 is 3. The molecule has 6 heteroatoms. The van der Waals surface area contributed by atoms with Crippen molar-refractivity contribution < 1.29 is 19.0 Å². The Morgan fingerprint density at radius 1 is 1.04 bits per heavy atom. The zero-order chi connectivity index (χ0) is 19.9. The number of aromatic nitrogens is 1. The van der Waals surface area contributed by atoms with Gasteiger partial charge >= 0.3 is 0 Å². The first-order chi connectivity index (χ1) is 13.7. The van der Waals surface area contributed by atoms with Gasteiger partial charge in [-0.25, -0.2) is 0 Å². The summed E-state index contributed by atoms with van der Waals surface area (Å²) in [5.41, 5.74) is 2.97. The monoisotopic (exact) mass is 382 g/mol. The van der Waals surface area contributed by atoms with E-state index in [0.29, 0.717) is 23.8 Å². The van der Waals surface area contributed by atoms with Crippen molar-refractivity contribution in [3.63, 3.8) is 0 Å². The predicted octanol–water partition coefficient (Wildman–Crippen LogP) is 3.49. The number of rotatable bonds is 9. The van der Waals surface area contributed by atoms with E-state index in [-0.39, 0.29) is 12.3 Å². The number of carbonyl (C=O) groups is 1. The molecule has 0 aliphatic carbocycles. The first kappa shape index (κ1) is 19.6. The number of hydrogen-bond acceptors (Lipinski definition) is 4. The molecule has 0 aliphatic heterocycles. The minimum absolute atomic E-state index is 0.0224. The van der Waals surface area contributed by atoms with Crippen LogP contribution in [0, 0.1) is 0 Å². The Hall–Kier alpha value is -3.15. The quantitative estimate of drug-likeness (QED) is 0.556. The second kappa shape index (κ2) is 9.17. The highest BCUT2D eigenvalue weighted by Gasteiger charge is 2.20. The van der Waals surface area contributed by atoms with Crippen LogP contribution < -0.4 is 19.5 Å². The van der Waals surface area contributed by atoms with Gasteiger partial charge in [0.2, 0.25) is 11.7 Å². The fraction of sp³-hybridized carbons (Fsp3) is 0.318. The highest BCUT2D eigenvalue weighted by atomic mass is 16.5. The number of carbonyl (C=O) groups excluding carboxylic acids is 1. The number of hydrogen-bond donors (Lipinski definition) is 2. The van der Waals surface area contributed by atoms with Crippen LogP contribution in [0.15, 0.2) is 42.6 Å². The topological polar surface area (TPSA) is 72.6 Å². The molecule has 1 amide bonds. The maximum Gasteiger partial charge on any atom is 0.224 e. The van der Waals surface area contributed by atoms with E-state index < -0.39 is 0 Å². The van der Waals surface area contributed by atoms with E-state index in [4.69, 9.17) is 14.2 Å². The van der Waals surface area contributed by atoms with Crippen molar-refractivity contribution in [1.29, 1.82) is 0 Å². The molecule has 0 unspecified atom stereocenters. The number of benzene rings is 2. The predicted molar refractivity (Wildman–Crippen MR) is 109 cm³/mol. The van der Waals surface area contributed by atoms with Crippen molar-refractivity contribution >= 4 is 16.8 Å². The van der Waals surface area contributed by atoms with E-state index in [2.05, 4.69) is 22.4 Å². The third kappa shape index (κ3) is 4.22. The number of amides is 1. The van der Waals surface area contributed by atoms with E-state index in [9.17, 15) is 4.79 Å². The lowest BCUT2D eigenvalue weighted by Crippen LogP contribution is -2.26. The zero-order valence-corrected chi connectivity index (χ0v) is 16.5. The van der Waals surface area contributed by atoms with Gasteiger partial charge in [0.05, 0.1) is 33.3 Å². The molecule has 28 heavy (non-hydrogen) atoms. The highest BCUT2D eigenvalue weighted by Crippen LogP contribution is 2.44. The molecule has 0 radical (unpaired) electrons. The third-order valence-corrected chi connectivity index (χ3v) is 4.71. The van der Waals surface area contributed by atoms with Crippen LogP contribution in [0.25, 0.3) is 10.9 Å². The van der Waals surface area contributed by atoms with Crippen LogP contribution in [-0.2, 0) is 17.6 Å². The van der Waals surface area contributed by atoms with Crippen LogP contribution in [0.5, 0.6) is 17.2 Å². The SMILES string of the molecule is COc1cc2[nH]cc(CC(=O)NCCCc3ccccc3)c2c(OC)c1OC. The summed E-state index contributed by atoms with van der Waals surface area (Å²) in [6, 6.07) is 12.1. The van der Waals surface area contributed by atoms with Gasteiger partial charge in [-0.15, -0.1) is 0 Å². The summed E-state index contributed by atoms with van der Waals surface area (Å²) in [5, 5.41) is 3.83. The fourth-order valence-electron chi connectivity index (χ4n) is 3.37. The molecule has 0 spiro atoms. The van der Waals surface area contributed by atoms with Crippen LogP contribution in [0.1, 0.15) is 17.5 Å².